The molecule has 4 rings (SSSR count). The van der Waals surface area contributed by atoms with Crippen molar-refractivity contribution in [1.29, 1.82) is 0 Å². The highest BCUT2D eigenvalue weighted by Crippen LogP contribution is 2.35. The highest BCUT2D eigenvalue weighted by Gasteiger charge is 2.33. The van der Waals surface area contributed by atoms with E-state index < -0.39 is 0 Å². The van der Waals surface area contributed by atoms with Crippen molar-refractivity contribution in [2.24, 2.45) is 13.0 Å². The van der Waals surface area contributed by atoms with Crippen LogP contribution in [0.5, 0.6) is 0 Å². The number of rotatable bonds is 3. The molecule has 1 saturated carbocycles. The first-order valence-corrected chi connectivity index (χ1v) is 9.68. The maximum absolute atomic E-state index is 13.2. The second kappa shape index (κ2) is 7.00. The van der Waals surface area contributed by atoms with Crippen molar-refractivity contribution in [3.8, 4) is 11.4 Å². The summed E-state index contributed by atoms with van der Waals surface area (Å²) in [5, 5.41) is 4.75. The van der Waals surface area contributed by atoms with Crippen molar-refractivity contribution in [2.75, 3.05) is 6.54 Å². The number of benzene rings is 1. The van der Waals surface area contributed by atoms with Gasteiger partial charge in [0.05, 0.1) is 6.67 Å². The fourth-order valence-corrected chi connectivity index (χ4v) is 4.69. The van der Waals surface area contributed by atoms with Gasteiger partial charge in [0.25, 0.3) is 0 Å². The molecule has 0 amide bonds. The number of halogens is 1. The minimum Gasteiger partial charge on any atom is -0.303 e. The first kappa shape index (κ1) is 16.9. The number of piperidine rings is 1. The topological polar surface area (TPSA) is 26.0 Å². The van der Waals surface area contributed by atoms with Gasteiger partial charge >= 0.3 is 0 Å². The van der Waals surface area contributed by atoms with Gasteiger partial charge < -0.3 is 4.57 Å². The zero-order valence-corrected chi connectivity index (χ0v) is 15.5. The van der Waals surface area contributed by atoms with E-state index in [2.05, 4.69) is 4.90 Å². The number of hydrogen-bond donors (Lipinski definition) is 0. The van der Waals surface area contributed by atoms with E-state index in [1.54, 1.807) is 12.1 Å². The van der Waals surface area contributed by atoms with E-state index in [0.29, 0.717) is 6.04 Å². The van der Waals surface area contributed by atoms with Gasteiger partial charge in [-0.15, -0.1) is 0 Å². The number of fused-ring (bicyclic) bond motifs is 1. The summed E-state index contributed by atoms with van der Waals surface area (Å²) < 4.78 is 17.8. The SMILES string of the molecule is Cn1c(-c2ccc(F)cc2)nn(CN2CCC[C@@H]3CCCC[C@@H]32)c1=S. The average Bonchev–Trinajstić information content (AvgIpc) is 2.91. The van der Waals surface area contributed by atoms with Crippen LogP contribution in [0.25, 0.3) is 11.4 Å². The molecule has 1 aliphatic heterocycles. The fraction of sp³-hybridized carbons (Fsp3) is 0.579. The Morgan fingerprint density at radius 1 is 1.12 bits per heavy atom. The summed E-state index contributed by atoms with van der Waals surface area (Å²) in [5.74, 6) is 1.40. The van der Waals surface area contributed by atoms with Gasteiger partial charge in [0, 0.05) is 25.2 Å². The Labute approximate surface area is 153 Å². The molecule has 2 atom stereocenters. The van der Waals surface area contributed by atoms with Gasteiger partial charge in [-0.3, -0.25) is 4.90 Å². The van der Waals surface area contributed by atoms with Gasteiger partial charge in [-0.2, -0.15) is 5.10 Å². The van der Waals surface area contributed by atoms with Crippen LogP contribution in [-0.4, -0.2) is 31.8 Å². The van der Waals surface area contributed by atoms with Gasteiger partial charge in [-0.05, 0) is 68.1 Å². The van der Waals surface area contributed by atoms with Gasteiger partial charge in [-0.1, -0.05) is 12.8 Å². The molecular weight excluding hydrogens is 335 g/mol. The quantitative estimate of drug-likeness (QED) is 0.760. The van der Waals surface area contributed by atoms with Gasteiger partial charge in [0.1, 0.15) is 5.82 Å². The normalized spacial score (nSPS) is 24.2. The molecule has 25 heavy (non-hydrogen) atoms. The van der Waals surface area contributed by atoms with Gasteiger partial charge in [0.15, 0.2) is 10.6 Å². The Hall–Kier alpha value is -1.53. The molecule has 1 aromatic carbocycles. The molecule has 2 aromatic rings. The highest BCUT2D eigenvalue weighted by atomic mass is 32.1. The van der Waals surface area contributed by atoms with Gasteiger partial charge in [-0.25, -0.2) is 9.07 Å². The minimum absolute atomic E-state index is 0.235. The Bertz CT molecular complexity index is 793. The van der Waals surface area contributed by atoms with Crippen molar-refractivity contribution in [1.82, 2.24) is 19.2 Å². The lowest BCUT2D eigenvalue weighted by atomic mass is 9.78. The maximum Gasteiger partial charge on any atom is 0.199 e. The molecule has 134 valence electrons. The third-order valence-corrected chi connectivity index (χ3v) is 6.30. The zero-order chi connectivity index (χ0) is 17.4. The summed E-state index contributed by atoms with van der Waals surface area (Å²) in [6, 6.07) is 7.13. The van der Waals surface area contributed by atoms with Crippen LogP contribution in [0.1, 0.15) is 38.5 Å². The fourth-order valence-electron chi connectivity index (χ4n) is 4.51. The van der Waals surface area contributed by atoms with Crippen LogP contribution in [0.15, 0.2) is 24.3 Å². The summed E-state index contributed by atoms with van der Waals surface area (Å²) in [4.78, 5) is 2.57. The van der Waals surface area contributed by atoms with E-state index in [1.165, 1.54) is 50.7 Å². The molecule has 0 radical (unpaired) electrons. The maximum atomic E-state index is 13.2. The molecule has 0 bridgehead atoms. The van der Waals surface area contributed by atoms with Crippen LogP contribution in [0.2, 0.25) is 0 Å². The highest BCUT2D eigenvalue weighted by molar-refractivity contribution is 7.71. The third kappa shape index (κ3) is 3.29. The molecule has 2 fully saturated rings. The average molecular weight is 361 g/mol. The number of aromatic nitrogens is 3. The van der Waals surface area contributed by atoms with Crippen LogP contribution < -0.4 is 0 Å². The second-order valence-corrected chi connectivity index (χ2v) is 7.74. The van der Waals surface area contributed by atoms with E-state index in [9.17, 15) is 4.39 Å². The molecule has 0 unspecified atom stereocenters. The van der Waals surface area contributed by atoms with Crippen molar-refractivity contribution >= 4 is 12.2 Å². The molecule has 1 saturated heterocycles. The van der Waals surface area contributed by atoms with E-state index in [4.69, 9.17) is 17.3 Å². The Morgan fingerprint density at radius 3 is 2.64 bits per heavy atom. The molecule has 2 heterocycles. The molecule has 2 aliphatic rings. The van der Waals surface area contributed by atoms with Crippen LogP contribution in [0.4, 0.5) is 4.39 Å². The number of nitrogens with zero attached hydrogens (tertiary/aromatic N) is 4. The zero-order valence-electron chi connectivity index (χ0n) is 14.7. The Morgan fingerprint density at radius 2 is 1.84 bits per heavy atom. The van der Waals surface area contributed by atoms with E-state index in [0.717, 1.165) is 35.3 Å². The number of likely N-dealkylation sites (tertiary alicyclic amines) is 1. The largest absolute Gasteiger partial charge is 0.303 e. The van der Waals surface area contributed by atoms with Crippen LogP contribution in [-0.2, 0) is 13.7 Å². The summed E-state index contributed by atoms with van der Waals surface area (Å²) in [6.07, 6.45) is 8.03. The summed E-state index contributed by atoms with van der Waals surface area (Å²) in [7, 11) is 1.93. The van der Waals surface area contributed by atoms with Crippen LogP contribution in [0, 0.1) is 16.5 Å². The Kier molecular flexibility index (Phi) is 4.73. The van der Waals surface area contributed by atoms with Crippen LogP contribution in [0.3, 0.4) is 0 Å². The third-order valence-electron chi connectivity index (χ3n) is 5.82. The predicted octanol–water partition coefficient (Wildman–Crippen LogP) is 4.37. The first-order valence-electron chi connectivity index (χ1n) is 9.27. The molecule has 1 aromatic heterocycles. The molecule has 4 nitrogen and oxygen atoms in total. The van der Waals surface area contributed by atoms with Crippen molar-refractivity contribution in [3.63, 3.8) is 0 Å². The number of hydrogen-bond acceptors (Lipinski definition) is 3. The first-order chi connectivity index (χ1) is 12.1. The summed E-state index contributed by atoms with van der Waals surface area (Å²) in [5.41, 5.74) is 0.892. The standard InChI is InChI=1S/C19H25FN4S/c1-22-18(15-8-10-16(20)11-9-15)21-24(19(22)25)13-23-12-4-6-14-5-2-3-7-17(14)23/h8-11,14,17H,2-7,12-13H2,1H3/t14-,17-/m0/s1. The Balaban J connectivity index is 1.59. The predicted molar refractivity (Wildman–Crippen MR) is 99.1 cm³/mol. The van der Waals surface area contributed by atoms with E-state index >= 15 is 0 Å². The summed E-state index contributed by atoms with van der Waals surface area (Å²) in [6.45, 7) is 1.89. The summed E-state index contributed by atoms with van der Waals surface area (Å²) >= 11 is 5.62. The molecule has 6 heteroatoms. The minimum atomic E-state index is -0.235. The van der Waals surface area contributed by atoms with E-state index in [1.807, 2.05) is 16.3 Å². The van der Waals surface area contributed by atoms with Gasteiger partial charge in [0.2, 0.25) is 0 Å². The lowest BCUT2D eigenvalue weighted by Crippen LogP contribution is -2.47. The monoisotopic (exact) mass is 360 g/mol. The van der Waals surface area contributed by atoms with Crippen molar-refractivity contribution in [2.45, 2.75) is 51.2 Å². The molecule has 1 aliphatic carbocycles. The van der Waals surface area contributed by atoms with E-state index in [-0.39, 0.29) is 5.82 Å². The smallest absolute Gasteiger partial charge is 0.199 e. The lowest BCUT2D eigenvalue weighted by molar-refractivity contribution is 0.0323. The molecule has 0 spiro atoms. The van der Waals surface area contributed by atoms with Crippen molar-refractivity contribution < 1.29 is 4.39 Å². The molecule has 0 N–H and O–H groups in total. The lowest BCUT2D eigenvalue weighted by Gasteiger charge is -2.43. The van der Waals surface area contributed by atoms with Crippen molar-refractivity contribution in [3.05, 3.63) is 34.9 Å². The molecular formula is C19H25FN4S. The van der Waals surface area contributed by atoms with Crippen LogP contribution >= 0.6 is 12.2 Å². The second-order valence-electron chi connectivity index (χ2n) is 7.38.